The molecule has 0 fully saturated rings. The van der Waals surface area contributed by atoms with Gasteiger partial charge in [-0.15, -0.1) is 0 Å². The topological polar surface area (TPSA) is 91.3 Å². The zero-order valence-corrected chi connectivity index (χ0v) is 15.0. The van der Waals surface area contributed by atoms with E-state index in [-0.39, 0.29) is 10.6 Å². The molecule has 0 aliphatic carbocycles. The van der Waals surface area contributed by atoms with E-state index in [4.69, 9.17) is 0 Å². The summed E-state index contributed by atoms with van der Waals surface area (Å²) in [5.74, 6) is 0.514. The van der Waals surface area contributed by atoms with Crippen LogP contribution in [0.5, 0.6) is 5.75 Å². The lowest BCUT2D eigenvalue weighted by Crippen LogP contribution is -2.14. The van der Waals surface area contributed by atoms with Crippen LogP contribution in [-0.4, -0.2) is 18.5 Å². The van der Waals surface area contributed by atoms with Crippen LogP contribution in [0.2, 0.25) is 0 Å². The quantitative estimate of drug-likeness (QED) is 0.573. The highest BCUT2D eigenvalue weighted by Crippen LogP contribution is 2.26. The zero-order chi connectivity index (χ0) is 18.6. The van der Waals surface area contributed by atoms with Crippen molar-refractivity contribution < 1.29 is 13.5 Å². The van der Waals surface area contributed by atoms with E-state index >= 15 is 0 Å². The Balaban J connectivity index is 1.86. The van der Waals surface area contributed by atoms with Crippen molar-refractivity contribution in [2.45, 2.75) is 18.2 Å². The standard InChI is InChI=1S/C19H19N3O3S/c1-2-14-5-11-17(12-6-14)26(24,25)22-18-4-3-13-20-19(18)21-15-7-9-16(23)10-8-15/h3-13,22-23H,2H2,1H3,(H,20,21). The van der Waals surface area contributed by atoms with Crippen LogP contribution in [0, 0.1) is 0 Å². The number of nitrogens with one attached hydrogen (secondary N) is 2. The van der Waals surface area contributed by atoms with E-state index in [2.05, 4.69) is 15.0 Å². The number of rotatable bonds is 6. The fraction of sp³-hybridized carbons (Fsp3) is 0.105. The number of aromatic nitrogens is 1. The number of aryl methyl sites for hydroxylation is 1. The summed E-state index contributed by atoms with van der Waals surface area (Å²) in [7, 11) is -3.73. The Morgan fingerprint density at radius 3 is 2.35 bits per heavy atom. The molecule has 7 heteroatoms. The molecule has 0 spiro atoms. The fourth-order valence-electron chi connectivity index (χ4n) is 2.38. The number of hydrogen-bond acceptors (Lipinski definition) is 5. The maximum atomic E-state index is 12.7. The van der Waals surface area contributed by atoms with Crippen molar-refractivity contribution in [3.8, 4) is 5.75 Å². The summed E-state index contributed by atoms with van der Waals surface area (Å²) in [5, 5.41) is 12.4. The number of aromatic hydroxyl groups is 1. The fourth-order valence-corrected chi connectivity index (χ4v) is 3.44. The van der Waals surface area contributed by atoms with Gasteiger partial charge in [-0.1, -0.05) is 19.1 Å². The minimum atomic E-state index is -3.73. The maximum absolute atomic E-state index is 12.7. The Labute approximate surface area is 152 Å². The third-order valence-electron chi connectivity index (χ3n) is 3.82. The SMILES string of the molecule is CCc1ccc(S(=O)(=O)Nc2cccnc2Nc2ccc(O)cc2)cc1. The summed E-state index contributed by atoms with van der Waals surface area (Å²) in [4.78, 5) is 4.39. The number of phenols is 1. The van der Waals surface area contributed by atoms with Crippen LogP contribution in [-0.2, 0) is 16.4 Å². The second kappa shape index (κ2) is 7.45. The zero-order valence-electron chi connectivity index (χ0n) is 14.2. The van der Waals surface area contributed by atoms with Gasteiger partial charge in [-0.25, -0.2) is 13.4 Å². The van der Waals surface area contributed by atoms with Gasteiger partial charge in [0.2, 0.25) is 0 Å². The van der Waals surface area contributed by atoms with Crippen molar-refractivity contribution in [1.29, 1.82) is 0 Å². The Morgan fingerprint density at radius 2 is 1.69 bits per heavy atom. The molecule has 0 unspecified atom stereocenters. The van der Waals surface area contributed by atoms with Crippen molar-refractivity contribution in [2.75, 3.05) is 10.0 Å². The van der Waals surface area contributed by atoms with Gasteiger partial charge in [-0.3, -0.25) is 4.72 Å². The van der Waals surface area contributed by atoms with Crippen LogP contribution in [0.25, 0.3) is 0 Å². The molecule has 2 aromatic carbocycles. The number of anilines is 3. The molecule has 134 valence electrons. The number of hydrogen-bond donors (Lipinski definition) is 3. The predicted octanol–water partition coefficient (Wildman–Crippen LogP) is 3.89. The van der Waals surface area contributed by atoms with E-state index in [0.29, 0.717) is 17.2 Å². The number of phenolic OH excluding ortho intramolecular Hbond substituents is 1. The summed E-state index contributed by atoms with van der Waals surface area (Å²) in [6, 6.07) is 16.5. The van der Waals surface area contributed by atoms with E-state index in [1.807, 2.05) is 6.92 Å². The van der Waals surface area contributed by atoms with Crippen molar-refractivity contribution in [1.82, 2.24) is 4.98 Å². The molecule has 1 aromatic heterocycles. The van der Waals surface area contributed by atoms with Gasteiger partial charge in [-0.2, -0.15) is 0 Å². The minimum Gasteiger partial charge on any atom is -0.508 e. The highest BCUT2D eigenvalue weighted by molar-refractivity contribution is 7.92. The first kappa shape index (κ1) is 17.8. The third kappa shape index (κ3) is 4.12. The summed E-state index contributed by atoms with van der Waals surface area (Å²) in [6.07, 6.45) is 2.41. The average molecular weight is 369 g/mol. The highest BCUT2D eigenvalue weighted by Gasteiger charge is 2.16. The van der Waals surface area contributed by atoms with Crippen molar-refractivity contribution in [3.05, 3.63) is 72.4 Å². The van der Waals surface area contributed by atoms with Crippen LogP contribution in [0.1, 0.15) is 12.5 Å². The lowest BCUT2D eigenvalue weighted by Gasteiger charge is -2.13. The van der Waals surface area contributed by atoms with Crippen LogP contribution in [0.15, 0.2) is 71.8 Å². The second-order valence-electron chi connectivity index (χ2n) is 5.67. The van der Waals surface area contributed by atoms with Gasteiger partial charge in [0.15, 0.2) is 5.82 Å². The van der Waals surface area contributed by atoms with Crippen LogP contribution in [0.3, 0.4) is 0 Å². The summed E-state index contributed by atoms with van der Waals surface area (Å²) in [5.41, 5.74) is 2.08. The number of nitrogens with zero attached hydrogens (tertiary/aromatic N) is 1. The van der Waals surface area contributed by atoms with Gasteiger partial charge in [0.05, 0.1) is 10.6 Å². The van der Waals surface area contributed by atoms with Gasteiger partial charge in [0.25, 0.3) is 10.0 Å². The normalized spacial score (nSPS) is 11.1. The lowest BCUT2D eigenvalue weighted by molar-refractivity contribution is 0.475. The molecule has 0 saturated heterocycles. The van der Waals surface area contributed by atoms with Crippen LogP contribution in [0.4, 0.5) is 17.2 Å². The Morgan fingerprint density at radius 1 is 1.00 bits per heavy atom. The summed E-state index contributed by atoms with van der Waals surface area (Å²) in [6.45, 7) is 2.01. The Bertz CT molecular complexity index is 985. The van der Waals surface area contributed by atoms with Gasteiger partial charge in [-0.05, 0) is 60.5 Å². The monoisotopic (exact) mass is 369 g/mol. The molecule has 0 aliphatic heterocycles. The maximum Gasteiger partial charge on any atom is 0.262 e. The number of sulfonamides is 1. The van der Waals surface area contributed by atoms with Gasteiger partial charge < -0.3 is 10.4 Å². The van der Waals surface area contributed by atoms with E-state index in [0.717, 1.165) is 12.0 Å². The molecule has 0 aliphatic rings. The average Bonchev–Trinajstić information content (AvgIpc) is 2.65. The van der Waals surface area contributed by atoms with E-state index < -0.39 is 10.0 Å². The molecule has 0 bridgehead atoms. The summed E-state index contributed by atoms with van der Waals surface area (Å²) >= 11 is 0. The predicted molar refractivity (Wildman–Crippen MR) is 102 cm³/mol. The molecular formula is C19H19N3O3S. The molecule has 0 radical (unpaired) electrons. The first-order chi connectivity index (χ1) is 12.5. The minimum absolute atomic E-state index is 0.146. The van der Waals surface area contributed by atoms with Crippen LogP contribution < -0.4 is 10.0 Å². The second-order valence-corrected chi connectivity index (χ2v) is 7.36. The number of pyridine rings is 1. The molecule has 3 N–H and O–H groups in total. The molecule has 6 nitrogen and oxygen atoms in total. The largest absolute Gasteiger partial charge is 0.508 e. The van der Waals surface area contributed by atoms with Gasteiger partial charge >= 0.3 is 0 Å². The van der Waals surface area contributed by atoms with E-state index in [9.17, 15) is 13.5 Å². The summed E-state index contributed by atoms with van der Waals surface area (Å²) < 4.78 is 27.9. The molecule has 3 rings (SSSR count). The van der Waals surface area contributed by atoms with Crippen molar-refractivity contribution >= 4 is 27.2 Å². The molecular weight excluding hydrogens is 350 g/mol. The Kier molecular flexibility index (Phi) is 5.09. The van der Waals surface area contributed by atoms with E-state index in [1.54, 1.807) is 54.7 Å². The molecule has 26 heavy (non-hydrogen) atoms. The van der Waals surface area contributed by atoms with Gasteiger partial charge in [0.1, 0.15) is 5.75 Å². The van der Waals surface area contributed by atoms with Crippen molar-refractivity contribution in [2.24, 2.45) is 0 Å². The first-order valence-corrected chi connectivity index (χ1v) is 9.59. The highest BCUT2D eigenvalue weighted by atomic mass is 32.2. The van der Waals surface area contributed by atoms with Gasteiger partial charge in [0, 0.05) is 11.9 Å². The van der Waals surface area contributed by atoms with E-state index in [1.165, 1.54) is 12.1 Å². The Hall–Kier alpha value is -3.06. The first-order valence-electron chi connectivity index (χ1n) is 8.11. The third-order valence-corrected chi connectivity index (χ3v) is 5.21. The molecule has 0 saturated carbocycles. The molecule has 1 heterocycles. The molecule has 3 aromatic rings. The molecule has 0 amide bonds. The number of benzene rings is 2. The van der Waals surface area contributed by atoms with Crippen LogP contribution >= 0.6 is 0 Å². The lowest BCUT2D eigenvalue weighted by atomic mass is 10.2. The van der Waals surface area contributed by atoms with Crippen molar-refractivity contribution in [3.63, 3.8) is 0 Å². The smallest absolute Gasteiger partial charge is 0.262 e. The molecule has 0 atom stereocenters.